The zero-order valence-electron chi connectivity index (χ0n) is 12.6. The number of aromatic nitrogens is 2. The van der Waals surface area contributed by atoms with Crippen LogP contribution in [-0.2, 0) is 16.1 Å². The summed E-state index contributed by atoms with van der Waals surface area (Å²) in [4.78, 5) is 39.0. The van der Waals surface area contributed by atoms with E-state index in [1.54, 1.807) is 0 Å². The molecular formula is C14H11F2N5O4. The van der Waals surface area contributed by atoms with Gasteiger partial charge in [-0.25, -0.2) is 13.6 Å². The average Bonchev–Trinajstić information content (AvgIpc) is 3.15. The van der Waals surface area contributed by atoms with Crippen LogP contribution in [-0.4, -0.2) is 46.0 Å². The summed E-state index contributed by atoms with van der Waals surface area (Å²) >= 11 is 0. The summed E-state index contributed by atoms with van der Waals surface area (Å²) in [5.41, 5.74) is -0.466. The number of benzene rings is 1. The van der Waals surface area contributed by atoms with Crippen molar-refractivity contribution < 1.29 is 27.7 Å². The van der Waals surface area contributed by atoms with Crippen LogP contribution in [0.5, 0.6) is 0 Å². The summed E-state index contributed by atoms with van der Waals surface area (Å²) < 4.78 is 32.1. The summed E-state index contributed by atoms with van der Waals surface area (Å²) in [6, 6.07) is 2.63. The van der Waals surface area contributed by atoms with Crippen LogP contribution in [0, 0.1) is 11.6 Å². The first-order chi connectivity index (χ1) is 12.0. The summed E-state index contributed by atoms with van der Waals surface area (Å²) in [7, 11) is 0. The SMILES string of the molecule is O=C(CN1C(=O)CNC1=O)NCc1noc(-c2c(F)cccc2F)n1. The molecule has 0 saturated carbocycles. The van der Waals surface area contributed by atoms with E-state index in [2.05, 4.69) is 20.8 Å². The van der Waals surface area contributed by atoms with Gasteiger partial charge in [-0.2, -0.15) is 4.98 Å². The Kier molecular flexibility index (Phi) is 4.37. The minimum Gasteiger partial charge on any atom is -0.347 e. The number of imide groups is 1. The van der Waals surface area contributed by atoms with Crippen molar-refractivity contribution in [1.29, 1.82) is 0 Å². The van der Waals surface area contributed by atoms with Crippen molar-refractivity contribution in [1.82, 2.24) is 25.7 Å². The molecule has 9 nitrogen and oxygen atoms in total. The normalized spacial score (nSPS) is 13.9. The average molecular weight is 351 g/mol. The van der Waals surface area contributed by atoms with E-state index in [-0.39, 0.29) is 24.8 Å². The second-order valence-corrected chi connectivity index (χ2v) is 5.03. The third kappa shape index (κ3) is 3.44. The summed E-state index contributed by atoms with van der Waals surface area (Å²) in [5, 5.41) is 8.17. The van der Waals surface area contributed by atoms with Crippen molar-refractivity contribution >= 4 is 17.8 Å². The van der Waals surface area contributed by atoms with Gasteiger partial charge in [0.05, 0.1) is 13.1 Å². The molecule has 1 aromatic heterocycles. The Morgan fingerprint density at radius 2 is 2.04 bits per heavy atom. The minimum atomic E-state index is -0.863. The van der Waals surface area contributed by atoms with Crippen LogP contribution in [0.15, 0.2) is 22.7 Å². The van der Waals surface area contributed by atoms with Gasteiger partial charge in [0.2, 0.25) is 5.91 Å². The lowest BCUT2D eigenvalue weighted by molar-refractivity contribution is -0.130. The molecule has 0 spiro atoms. The highest BCUT2D eigenvalue weighted by molar-refractivity contribution is 6.04. The Balaban J connectivity index is 1.61. The molecule has 0 bridgehead atoms. The summed E-state index contributed by atoms with van der Waals surface area (Å²) in [5.74, 6) is -3.27. The Morgan fingerprint density at radius 1 is 1.32 bits per heavy atom. The number of carbonyl (C=O) groups excluding carboxylic acids is 3. The molecule has 0 unspecified atom stereocenters. The number of hydrogen-bond acceptors (Lipinski definition) is 6. The standard InChI is InChI=1S/C14H11F2N5O4/c15-7-2-1-3-8(16)12(7)13-19-9(20-25-13)4-17-10(22)6-21-11(23)5-18-14(21)24/h1-3H,4-6H2,(H,17,22)(H,18,24). The number of rotatable bonds is 5. The highest BCUT2D eigenvalue weighted by atomic mass is 19.1. The predicted molar refractivity (Wildman–Crippen MR) is 76.6 cm³/mol. The van der Waals surface area contributed by atoms with Crippen LogP contribution in [0.4, 0.5) is 13.6 Å². The maximum Gasteiger partial charge on any atom is 0.325 e. The van der Waals surface area contributed by atoms with Gasteiger partial charge < -0.3 is 15.2 Å². The fourth-order valence-corrected chi connectivity index (χ4v) is 2.12. The van der Waals surface area contributed by atoms with E-state index in [4.69, 9.17) is 4.52 Å². The van der Waals surface area contributed by atoms with Crippen molar-refractivity contribution in [3.05, 3.63) is 35.7 Å². The largest absolute Gasteiger partial charge is 0.347 e. The van der Waals surface area contributed by atoms with E-state index >= 15 is 0 Å². The first-order valence-electron chi connectivity index (χ1n) is 7.07. The minimum absolute atomic E-state index is 0.0248. The predicted octanol–water partition coefficient (Wildman–Crippen LogP) is 0.183. The van der Waals surface area contributed by atoms with Crippen LogP contribution in [0.2, 0.25) is 0 Å². The number of hydrogen-bond donors (Lipinski definition) is 2. The third-order valence-electron chi connectivity index (χ3n) is 3.33. The maximum atomic E-state index is 13.6. The van der Waals surface area contributed by atoms with Gasteiger partial charge in [-0.05, 0) is 12.1 Å². The lowest BCUT2D eigenvalue weighted by Gasteiger charge is -2.11. The van der Waals surface area contributed by atoms with Crippen LogP contribution in [0.3, 0.4) is 0 Å². The van der Waals surface area contributed by atoms with Crippen LogP contribution < -0.4 is 10.6 Å². The smallest absolute Gasteiger partial charge is 0.325 e. The lowest BCUT2D eigenvalue weighted by Crippen LogP contribution is -2.40. The fourth-order valence-electron chi connectivity index (χ4n) is 2.12. The maximum absolute atomic E-state index is 13.6. The van der Waals surface area contributed by atoms with Crippen LogP contribution in [0.1, 0.15) is 5.82 Å². The number of nitrogens with zero attached hydrogens (tertiary/aromatic N) is 3. The van der Waals surface area contributed by atoms with E-state index in [1.807, 2.05) is 0 Å². The molecule has 1 aromatic carbocycles. The second kappa shape index (κ2) is 6.63. The van der Waals surface area contributed by atoms with Crippen LogP contribution in [0.25, 0.3) is 11.5 Å². The first-order valence-corrected chi connectivity index (χ1v) is 7.07. The zero-order valence-corrected chi connectivity index (χ0v) is 12.6. The van der Waals surface area contributed by atoms with Crippen molar-refractivity contribution in [2.45, 2.75) is 6.54 Å². The number of amides is 4. The second-order valence-electron chi connectivity index (χ2n) is 5.03. The van der Waals surface area contributed by atoms with Gasteiger partial charge in [0.15, 0.2) is 5.82 Å². The number of urea groups is 1. The zero-order chi connectivity index (χ0) is 18.0. The van der Waals surface area contributed by atoms with E-state index in [0.717, 1.165) is 17.0 Å². The highest BCUT2D eigenvalue weighted by Gasteiger charge is 2.30. The van der Waals surface area contributed by atoms with E-state index in [1.165, 1.54) is 6.07 Å². The van der Waals surface area contributed by atoms with Crippen LogP contribution >= 0.6 is 0 Å². The van der Waals surface area contributed by atoms with E-state index in [0.29, 0.717) is 0 Å². The molecule has 4 amide bonds. The highest BCUT2D eigenvalue weighted by Crippen LogP contribution is 2.24. The van der Waals surface area contributed by atoms with Gasteiger partial charge in [-0.15, -0.1) is 0 Å². The molecule has 2 heterocycles. The number of carbonyl (C=O) groups is 3. The monoisotopic (exact) mass is 351 g/mol. The Morgan fingerprint density at radius 3 is 2.68 bits per heavy atom. The molecule has 1 fully saturated rings. The molecule has 25 heavy (non-hydrogen) atoms. The Hall–Kier alpha value is -3.37. The molecular weight excluding hydrogens is 340 g/mol. The molecule has 2 N–H and O–H groups in total. The molecule has 2 aromatic rings. The van der Waals surface area contributed by atoms with Crippen molar-refractivity contribution in [3.63, 3.8) is 0 Å². The van der Waals surface area contributed by atoms with Gasteiger partial charge in [-0.1, -0.05) is 11.2 Å². The summed E-state index contributed by atoms with van der Waals surface area (Å²) in [6.45, 7) is -0.826. The van der Waals surface area contributed by atoms with Gasteiger partial charge in [0, 0.05) is 0 Å². The molecule has 0 aliphatic carbocycles. The molecule has 1 saturated heterocycles. The van der Waals surface area contributed by atoms with Crippen molar-refractivity contribution in [2.24, 2.45) is 0 Å². The van der Waals surface area contributed by atoms with E-state index < -0.39 is 41.6 Å². The quantitative estimate of drug-likeness (QED) is 0.742. The van der Waals surface area contributed by atoms with Gasteiger partial charge >= 0.3 is 6.03 Å². The number of nitrogens with one attached hydrogen (secondary N) is 2. The third-order valence-corrected chi connectivity index (χ3v) is 3.33. The molecule has 130 valence electrons. The molecule has 0 radical (unpaired) electrons. The number of halogens is 2. The molecule has 1 aliphatic heterocycles. The fraction of sp³-hybridized carbons (Fsp3) is 0.214. The van der Waals surface area contributed by atoms with Crippen molar-refractivity contribution in [2.75, 3.05) is 13.1 Å². The molecule has 3 rings (SSSR count). The Labute approximate surface area is 139 Å². The first kappa shape index (κ1) is 16.5. The summed E-state index contributed by atoms with van der Waals surface area (Å²) in [6.07, 6.45) is 0. The molecule has 1 aliphatic rings. The van der Waals surface area contributed by atoms with Gasteiger partial charge in [0.1, 0.15) is 23.7 Å². The molecule has 11 heteroatoms. The molecule has 0 atom stereocenters. The van der Waals surface area contributed by atoms with Crippen molar-refractivity contribution in [3.8, 4) is 11.5 Å². The topological polar surface area (TPSA) is 117 Å². The van der Waals surface area contributed by atoms with Gasteiger partial charge in [-0.3, -0.25) is 14.5 Å². The van der Waals surface area contributed by atoms with E-state index in [9.17, 15) is 23.2 Å². The van der Waals surface area contributed by atoms with Gasteiger partial charge in [0.25, 0.3) is 11.8 Å². The lowest BCUT2D eigenvalue weighted by atomic mass is 10.2. The Bertz CT molecular complexity index is 817.